The van der Waals surface area contributed by atoms with Crippen molar-refractivity contribution in [2.24, 2.45) is 5.92 Å². The number of rotatable bonds is 2. The van der Waals surface area contributed by atoms with Gasteiger partial charge in [0.1, 0.15) is 0 Å². The zero-order valence-electron chi connectivity index (χ0n) is 11.8. The molecular formula is C15H22N4. The Labute approximate surface area is 114 Å². The van der Waals surface area contributed by atoms with E-state index < -0.39 is 0 Å². The van der Waals surface area contributed by atoms with Gasteiger partial charge in [-0.05, 0) is 43.7 Å². The molecule has 3 rings (SSSR count). The number of pyridine rings is 1. The molecule has 4 heteroatoms. The third-order valence-electron chi connectivity index (χ3n) is 4.15. The zero-order chi connectivity index (χ0) is 13.2. The summed E-state index contributed by atoms with van der Waals surface area (Å²) in [7, 11) is 0. The maximum absolute atomic E-state index is 4.60. The topological polar surface area (TPSA) is 42.2 Å². The summed E-state index contributed by atoms with van der Waals surface area (Å²) in [6, 6.07) is 4.61. The Bertz CT molecular complexity index is 560. The second-order valence-corrected chi connectivity index (χ2v) is 5.85. The predicted octanol–water partition coefficient (Wildman–Crippen LogP) is 3.42. The van der Waals surface area contributed by atoms with E-state index in [0.717, 1.165) is 23.1 Å². The Balaban J connectivity index is 1.76. The SMILES string of the molecule is Cc1cccn2nc(NC3CCCC(C)CC3)nc12. The van der Waals surface area contributed by atoms with Crippen molar-refractivity contribution >= 4 is 11.6 Å². The minimum absolute atomic E-state index is 0.530. The van der Waals surface area contributed by atoms with Gasteiger partial charge in [-0.25, -0.2) is 4.52 Å². The Morgan fingerprint density at radius 1 is 1.26 bits per heavy atom. The molecule has 2 atom stereocenters. The van der Waals surface area contributed by atoms with Crippen molar-refractivity contribution < 1.29 is 0 Å². The standard InChI is InChI=1S/C15H22N4/c1-11-5-3-7-13(9-8-11)16-15-17-14-12(2)6-4-10-19(14)18-15/h4,6,10-11,13H,3,5,7-9H2,1-2H3,(H,16,18). The van der Waals surface area contributed by atoms with Gasteiger partial charge in [0.05, 0.1) is 0 Å². The van der Waals surface area contributed by atoms with Crippen molar-refractivity contribution in [2.75, 3.05) is 5.32 Å². The molecular weight excluding hydrogens is 236 g/mol. The lowest BCUT2D eigenvalue weighted by Gasteiger charge is -2.14. The highest BCUT2D eigenvalue weighted by Crippen LogP contribution is 2.24. The van der Waals surface area contributed by atoms with Gasteiger partial charge in [-0.2, -0.15) is 4.98 Å². The number of nitrogens with zero attached hydrogens (tertiary/aromatic N) is 3. The first kappa shape index (κ1) is 12.5. The highest BCUT2D eigenvalue weighted by molar-refractivity contribution is 5.49. The summed E-state index contributed by atoms with van der Waals surface area (Å²) in [4.78, 5) is 4.60. The van der Waals surface area contributed by atoms with E-state index in [1.54, 1.807) is 0 Å². The highest BCUT2D eigenvalue weighted by Gasteiger charge is 2.17. The van der Waals surface area contributed by atoms with E-state index in [1.807, 2.05) is 16.8 Å². The molecule has 1 N–H and O–H groups in total. The number of aryl methyl sites for hydroxylation is 1. The molecule has 1 fully saturated rings. The lowest BCUT2D eigenvalue weighted by molar-refractivity contribution is 0.501. The number of hydrogen-bond acceptors (Lipinski definition) is 3. The fourth-order valence-electron chi connectivity index (χ4n) is 2.91. The van der Waals surface area contributed by atoms with Gasteiger partial charge in [-0.1, -0.05) is 25.8 Å². The Kier molecular flexibility index (Phi) is 3.40. The molecule has 0 aliphatic heterocycles. The van der Waals surface area contributed by atoms with Gasteiger partial charge in [0.15, 0.2) is 5.65 Å². The van der Waals surface area contributed by atoms with Crippen LogP contribution in [-0.4, -0.2) is 20.6 Å². The number of nitrogens with one attached hydrogen (secondary N) is 1. The molecule has 1 aliphatic carbocycles. The molecule has 0 amide bonds. The minimum Gasteiger partial charge on any atom is -0.350 e. The molecule has 4 nitrogen and oxygen atoms in total. The van der Waals surface area contributed by atoms with Crippen LogP contribution in [0.4, 0.5) is 5.95 Å². The van der Waals surface area contributed by atoms with Crippen molar-refractivity contribution in [1.29, 1.82) is 0 Å². The van der Waals surface area contributed by atoms with Gasteiger partial charge < -0.3 is 5.32 Å². The van der Waals surface area contributed by atoms with Crippen LogP contribution in [0.1, 0.15) is 44.6 Å². The molecule has 0 saturated heterocycles. The summed E-state index contributed by atoms with van der Waals surface area (Å²) >= 11 is 0. The van der Waals surface area contributed by atoms with E-state index in [2.05, 4.69) is 35.3 Å². The third-order valence-corrected chi connectivity index (χ3v) is 4.15. The maximum Gasteiger partial charge on any atom is 0.243 e. The van der Waals surface area contributed by atoms with Crippen LogP contribution in [0.15, 0.2) is 18.3 Å². The highest BCUT2D eigenvalue weighted by atomic mass is 15.3. The van der Waals surface area contributed by atoms with E-state index in [9.17, 15) is 0 Å². The molecule has 0 radical (unpaired) electrons. The second kappa shape index (κ2) is 5.19. The number of anilines is 1. The summed E-state index contributed by atoms with van der Waals surface area (Å²) in [6.07, 6.45) is 8.40. The monoisotopic (exact) mass is 258 g/mol. The first-order valence-electron chi connectivity index (χ1n) is 7.31. The van der Waals surface area contributed by atoms with Crippen LogP contribution in [0.2, 0.25) is 0 Å². The molecule has 2 heterocycles. The summed E-state index contributed by atoms with van der Waals surface area (Å²) in [5.74, 6) is 1.64. The lowest BCUT2D eigenvalue weighted by Crippen LogP contribution is -2.19. The van der Waals surface area contributed by atoms with Crippen LogP contribution in [0.25, 0.3) is 5.65 Å². The van der Waals surface area contributed by atoms with Gasteiger partial charge in [0, 0.05) is 12.2 Å². The van der Waals surface area contributed by atoms with Crippen LogP contribution >= 0.6 is 0 Å². The minimum atomic E-state index is 0.530. The molecule has 0 spiro atoms. The molecule has 102 valence electrons. The maximum atomic E-state index is 4.60. The quantitative estimate of drug-likeness (QED) is 0.839. The number of fused-ring (bicyclic) bond motifs is 1. The smallest absolute Gasteiger partial charge is 0.243 e. The molecule has 0 aromatic carbocycles. The van der Waals surface area contributed by atoms with Gasteiger partial charge in [0.2, 0.25) is 5.95 Å². The molecule has 1 saturated carbocycles. The van der Waals surface area contributed by atoms with E-state index in [0.29, 0.717) is 6.04 Å². The average molecular weight is 258 g/mol. The lowest BCUT2D eigenvalue weighted by atomic mass is 10.0. The summed E-state index contributed by atoms with van der Waals surface area (Å²) in [5.41, 5.74) is 2.12. The first-order chi connectivity index (χ1) is 9.22. The van der Waals surface area contributed by atoms with Crippen LogP contribution in [0.5, 0.6) is 0 Å². The average Bonchev–Trinajstić information content (AvgIpc) is 2.69. The summed E-state index contributed by atoms with van der Waals surface area (Å²) < 4.78 is 1.86. The second-order valence-electron chi connectivity index (χ2n) is 5.85. The van der Waals surface area contributed by atoms with Crippen LogP contribution in [0, 0.1) is 12.8 Å². The van der Waals surface area contributed by atoms with Crippen molar-refractivity contribution in [3.8, 4) is 0 Å². The number of aromatic nitrogens is 3. The molecule has 2 unspecified atom stereocenters. The van der Waals surface area contributed by atoms with Crippen molar-refractivity contribution in [1.82, 2.24) is 14.6 Å². The van der Waals surface area contributed by atoms with Gasteiger partial charge in [0.25, 0.3) is 0 Å². The van der Waals surface area contributed by atoms with Gasteiger partial charge in [-0.15, -0.1) is 5.10 Å². The van der Waals surface area contributed by atoms with Crippen LogP contribution < -0.4 is 5.32 Å². The predicted molar refractivity (Wildman–Crippen MR) is 77.4 cm³/mol. The van der Waals surface area contributed by atoms with Crippen molar-refractivity contribution in [3.63, 3.8) is 0 Å². The molecule has 2 aromatic heterocycles. The summed E-state index contributed by atoms with van der Waals surface area (Å²) in [6.45, 7) is 4.43. The molecule has 1 aliphatic rings. The largest absolute Gasteiger partial charge is 0.350 e. The van der Waals surface area contributed by atoms with Crippen molar-refractivity contribution in [3.05, 3.63) is 23.9 Å². The van der Waals surface area contributed by atoms with E-state index in [-0.39, 0.29) is 0 Å². The van der Waals surface area contributed by atoms with E-state index in [4.69, 9.17) is 0 Å². The Morgan fingerprint density at radius 2 is 2.16 bits per heavy atom. The Morgan fingerprint density at radius 3 is 3.00 bits per heavy atom. The molecule has 2 aromatic rings. The summed E-state index contributed by atoms with van der Waals surface area (Å²) in [5, 5.41) is 8.03. The normalized spacial score (nSPS) is 24.3. The van der Waals surface area contributed by atoms with Crippen LogP contribution in [0.3, 0.4) is 0 Å². The van der Waals surface area contributed by atoms with Crippen molar-refractivity contribution in [2.45, 2.75) is 52.0 Å². The van der Waals surface area contributed by atoms with Gasteiger partial charge in [-0.3, -0.25) is 0 Å². The first-order valence-corrected chi connectivity index (χ1v) is 7.31. The zero-order valence-corrected chi connectivity index (χ0v) is 11.8. The van der Waals surface area contributed by atoms with Gasteiger partial charge >= 0.3 is 0 Å². The third kappa shape index (κ3) is 2.72. The van der Waals surface area contributed by atoms with E-state index >= 15 is 0 Å². The van der Waals surface area contributed by atoms with E-state index in [1.165, 1.54) is 32.1 Å². The molecule has 0 bridgehead atoms. The fourth-order valence-corrected chi connectivity index (χ4v) is 2.91. The van der Waals surface area contributed by atoms with Crippen LogP contribution in [-0.2, 0) is 0 Å². The fraction of sp³-hybridized carbons (Fsp3) is 0.600. The Hall–Kier alpha value is -1.58. The molecule has 19 heavy (non-hydrogen) atoms. The number of hydrogen-bond donors (Lipinski definition) is 1.